The van der Waals surface area contributed by atoms with Crippen molar-refractivity contribution in [1.82, 2.24) is 4.90 Å². The van der Waals surface area contributed by atoms with Crippen LogP contribution in [-0.4, -0.2) is 24.5 Å². The van der Waals surface area contributed by atoms with E-state index in [1.807, 2.05) is 0 Å². The van der Waals surface area contributed by atoms with Crippen LogP contribution in [0.5, 0.6) is 0 Å². The largest absolute Gasteiger partial charge is 0.303 e. The van der Waals surface area contributed by atoms with Crippen LogP contribution in [0.15, 0.2) is 0 Å². The van der Waals surface area contributed by atoms with Gasteiger partial charge in [-0.05, 0) is 67.7 Å². The van der Waals surface area contributed by atoms with E-state index in [1.165, 1.54) is 64.6 Å². The maximum Gasteiger partial charge on any atom is 0.000723 e. The molecular weight excluding hydrogens is 254 g/mol. The molecule has 0 aromatic rings. The second-order valence-electron chi connectivity index (χ2n) is 9.43. The molecule has 1 saturated heterocycles. The molecule has 0 amide bonds. The van der Waals surface area contributed by atoms with Crippen molar-refractivity contribution in [2.24, 2.45) is 29.1 Å². The highest BCUT2D eigenvalue weighted by molar-refractivity contribution is 4.82. The quantitative estimate of drug-likeness (QED) is 0.652. The van der Waals surface area contributed by atoms with Crippen molar-refractivity contribution in [3.8, 4) is 0 Å². The Morgan fingerprint density at radius 2 is 1.71 bits per heavy atom. The number of hydrogen-bond acceptors (Lipinski definition) is 1. The van der Waals surface area contributed by atoms with Crippen molar-refractivity contribution in [3.05, 3.63) is 0 Å². The average Bonchev–Trinajstić information content (AvgIpc) is 2.38. The van der Waals surface area contributed by atoms with Crippen LogP contribution in [0.3, 0.4) is 0 Å². The molecule has 0 N–H and O–H groups in total. The fourth-order valence-corrected chi connectivity index (χ4v) is 4.80. The molecule has 0 aromatic carbocycles. The van der Waals surface area contributed by atoms with Crippen LogP contribution < -0.4 is 0 Å². The van der Waals surface area contributed by atoms with Crippen LogP contribution in [0.4, 0.5) is 0 Å². The van der Waals surface area contributed by atoms with Gasteiger partial charge in [0.25, 0.3) is 0 Å². The average molecular weight is 294 g/mol. The molecule has 1 saturated carbocycles. The lowest BCUT2D eigenvalue weighted by molar-refractivity contribution is 0.122. The maximum atomic E-state index is 2.74. The SMILES string of the molecule is CC1CCCN(CC(C)CC2CCC(C(C)(C)C)CC2)C1. The van der Waals surface area contributed by atoms with E-state index in [9.17, 15) is 0 Å². The molecule has 2 fully saturated rings. The lowest BCUT2D eigenvalue weighted by Crippen LogP contribution is -2.37. The lowest BCUT2D eigenvalue weighted by atomic mass is 9.68. The number of nitrogens with zero attached hydrogens (tertiary/aromatic N) is 1. The van der Waals surface area contributed by atoms with Crippen molar-refractivity contribution in [2.75, 3.05) is 19.6 Å². The minimum atomic E-state index is 0.528. The van der Waals surface area contributed by atoms with Gasteiger partial charge in [-0.15, -0.1) is 0 Å². The van der Waals surface area contributed by atoms with E-state index < -0.39 is 0 Å². The van der Waals surface area contributed by atoms with E-state index in [2.05, 4.69) is 39.5 Å². The van der Waals surface area contributed by atoms with Crippen molar-refractivity contribution < 1.29 is 0 Å². The second-order valence-corrected chi connectivity index (χ2v) is 9.43. The zero-order chi connectivity index (χ0) is 15.5. The summed E-state index contributed by atoms with van der Waals surface area (Å²) in [6, 6.07) is 0. The molecule has 0 spiro atoms. The topological polar surface area (TPSA) is 3.24 Å². The Morgan fingerprint density at radius 1 is 1.05 bits per heavy atom. The van der Waals surface area contributed by atoms with Gasteiger partial charge >= 0.3 is 0 Å². The number of likely N-dealkylation sites (tertiary alicyclic amines) is 1. The summed E-state index contributed by atoms with van der Waals surface area (Å²) in [5, 5.41) is 0. The first-order valence-corrected chi connectivity index (χ1v) is 9.57. The minimum Gasteiger partial charge on any atom is -0.303 e. The first-order chi connectivity index (χ1) is 9.84. The van der Waals surface area contributed by atoms with Gasteiger partial charge in [0, 0.05) is 13.1 Å². The van der Waals surface area contributed by atoms with Gasteiger partial charge in [0.15, 0.2) is 0 Å². The monoisotopic (exact) mass is 293 g/mol. The Labute approximate surface area is 133 Å². The molecule has 2 atom stereocenters. The Kier molecular flexibility index (Phi) is 6.17. The van der Waals surface area contributed by atoms with E-state index >= 15 is 0 Å². The summed E-state index contributed by atoms with van der Waals surface area (Å²) in [6.07, 6.45) is 10.3. The summed E-state index contributed by atoms with van der Waals surface area (Å²) in [7, 11) is 0. The van der Waals surface area contributed by atoms with Crippen LogP contribution in [0.25, 0.3) is 0 Å². The van der Waals surface area contributed by atoms with Crippen molar-refractivity contribution in [2.45, 2.75) is 79.6 Å². The van der Waals surface area contributed by atoms with E-state index in [-0.39, 0.29) is 0 Å². The van der Waals surface area contributed by atoms with Crippen molar-refractivity contribution in [1.29, 1.82) is 0 Å². The van der Waals surface area contributed by atoms with Crippen LogP contribution in [0.2, 0.25) is 0 Å². The third-order valence-corrected chi connectivity index (χ3v) is 6.12. The summed E-state index contributed by atoms with van der Waals surface area (Å²) in [5.74, 6) is 3.80. The van der Waals surface area contributed by atoms with Gasteiger partial charge in [0.1, 0.15) is 0 Å². The lowest BCUT2D eigenvalue weighted by Gasteiger charge is -2.38. The van der Waals surface area contributed by atoms with Gasteiger partial charge < -0.3 is 4.90 Å². The molecular formula is C20H39N. The summed E-state index contributed by atoms with van der Waals surface area (Å²) in [6.45, 7) is 16.3. The van der Waals surface area contributed by atoms with Crippen LogP contribution in [0, 0.1) is 29.1 Å². The third-order valence-electron chi connectivity index (χ3n) is 6.12. The zero-order valence-corrected chi connectivity index (χ0v) is 15.3. The van der Waals surface area contributed by atoms with Crippen LogP contribution >= 0.6 is 0 Å². The van der Waals surface area contributed by atoms with E-state index in [0.717, 1.165) is 23.7 Å². The molecule has 0 bridgehead atoms. The smallest absolute Gasteiger partial charge is 0.000723 e. The van der Waals surface area contributed by atoms with Gasteiger partial charge in [-0.3, -0.25) is 0 Å². The van der Waals surface area contributed by atoms with E-state index in [0.29, 0.717) is 5.41 Å². The van der Waals surface area contributed by atoms with E-state index in [1.54, 1.807) is 0 Å². The molecule has 2 aliphatic rings. The summed E-state index contributed by atoms with van der Waals surface area (Å²) in [5.41, 5.74) is 0.528. The number of piperidine rings is 1. The Balaban J connectivity index is 1.68. The molecule has 1 nitrogen and oxygen atoms in total. The molecule has 1 heterocycles. The highest BCUT2D eigenvalue weighted by Crippen LogP contribution is 2.41. The molecule has 2 unspecified atom stereocenters. The highest BCUT2D eigenvalue weighted by Gasteiger charge is 2.30. The maximum absolute atomic E-state index is 2.74. The zero-order valence-electron chi connectivity index (χ0n) is 15.3. The number of rotatable bonds is 4. The summed E-state index contributed by atoms with van der Waals surface area (Å²) >= 11 is 0. The first kappa shape index (κ1) is 17.3. The molecule has 21 heavy (non-hydrogen) atoms. The predicted octanol–water partition coefficient (Wildman–Crippen LogP) is 5.60. The van der Waals surface area contributed by atoms with Gasteiger partial charge in [0.2, 0.25) is 0 Å². The van der Waals surface area contributed by atoms with Crippen molar-refractivity contribution in [3.63, 3.8) is 0 Å². The fourth-order valence-electron chi connectivity index (χ4n) is 4.80. The van der Waals surface area contributed by atoms with Crippen LogP contribution in [-0.2, 0) is 0 Å². The van der Waals surface area contributed by atoms with Gasteiger partial charge in [0.05, 0.1) is 0 Å². The fraction of sp³-hybridized carbons (Fsp3) is 1.00. The third kappa shape index (κ3) is 5.58. The highest BCUT2D eigenvalue weighted by atomic mass is 15.1. The van der Waals surface area contributed by atoms with Gasteiger partial charge in [-0.25, -0.2) is 0 Å². The van der Waals surface area contributed by atoms with Crippen molar-refractivity contribution >= 4 is 0 Å². The predicted molar refractivity (Wildman–Crippen MR) is 93.5 cm³/mol. The Bertz CT molecular complexity index is 295. The molecule has 1 heteroatoms. The molecule has 1 aliphatic carbocycles. The molecule has 1 aliphatic heterocycles. The molecule has 124 valence electrons. The second kappa shape index (κ2) is 7.49. The normalized spacial score (nSPS) is 33.9. The Morgan fingerprint density at radius 3 is 2.29 bits per heavy atom. The first-order valence-electron chi connectivity index (χ1n) is 9.57. The molecule has 2 rings (SSSR count). The van der Waals surface area contributed by atoms with Crippen LogP contribution in [0.1, 0.15) is 79.6 Å². The minimum absolute atomic E-state index is 0.528. The van der Waals surface area contributed by atoms with Gasteiger partial charge in [-0.2, -0.15) is 0 Å². The summed E-state index contributed by atoms with van der Waals surface area (Å²) < 4.78 is 0. The van der Waals surface area contributed by atoms with E-state index in [4.69, 9.17) is 0 Å². The Hall–Kier alpha value is -0.0400. The summed E-state index contributed by atoms with van der Waals surface area (Å²) in [4.78, 5) is 2.74. The number of hydrogen-bond donors (Lipinski definition) is 0. The standard InChI is InChI=1S/C20H39N/c1-16-7-6-12-21(14-16)15-17(2)13-18-8-10-19(11-9-18)20(3,4)5/h16-19H,6-15H2,1-5H3. The molecule has 0 aromatic heterocycles. The van der Waals surface area contributed by atoms with Gasteiger partial charge in [-0.1, -0.05) is 47.5 Å². The molecule has 0 radical (unpaired) electrons.